The van der Waals surface area contributed by atoms with Gasteiger partial charge in [0.2, 0.25) is 0 Å². The Morgan fingerprint density at radius 3 is 1.87 bits per heavy atom. The second-order valence-electron chi connectivity index (χ2n) is 9.96. The van der Waals surface area contributed by atoms with E-state index in [4.69, 9.17) is 5.73 Å². The van der Waals surface area contributed by atoms with Crippen molar-refractivity contribution in [2.75, 3.05) is 15.8 Å². The molecule has 0 aromatic heterocycles. The Morgan fingerprint density at radius 2 is 1.29 bits per heavy atom. The third-order valence-corrected chi connectivity index (χ3v) is 10.8. The zero-order valence-electron chi connectivity index (χ0n) is 23.4. The van der Waals surface area contributed by atoms with Gasteiger partial charge in [-0.25, -0.2) is 8.42 Å². The number of amides is 1. The molecule has 7 N–H and O–H groups in total. The van der Waals surface area contributed by atoms with Crippen molar-refractivity contribution in [3.05, 3.63) is 76.9 Å². The highest BCUT2D eigenvalue weighted by Crippen LogP contribution is 2.37. The maximum absolute atomic E-state index is 13.6. The van der Waals surface area contributed by atoms with Crippen molar-refractivity contribution in [2.24, 2.45) is 0 Å². The Hall–Kier alpha value is -4.11. The Bertz CT molecular complexity index is 2370. The molecule has 1 amide bonds. The van der Waals surface area contributed by atoms with E-state index < -0.39 is 77.4 Å². The number of nitrogens with one attached hydrogen (secondary N) is 2. The number of aryl methyl sites for hydroxylation is 3. The van der Waals surface area contributed by atoms with Gasteiger partial charge >= 0.3 is 0 Å². The summed E-state index contributed by atoms with van der Waals surface area (Å²) in [7, 11) is -20.1. The molecule has 4 aromatic carbocycles. The van der Waals surface area contributed by atoms with E-state index >= 15 is 0 Å². The van der Waals surface area contributed by atoms with E-state index in [1.54, 1.807) is 26.8 Å². The molecule has 0 bridgehead atoms. The quantitative estimate of drug-likeness (QED) is 0.114. The molecule has 19 heteroatoms. The first kappa shape index (κ1) is 33.8. The van der Waals surface area contributed by atoms with E-state index in [-0.39, 0.29) is 21.8 Å². The van der Waals surface area contributed by atoms with Gasteiger partial charge in [-0.15, -0.1) is 0 Å². The van der Waals surface area contributed by atoms with Crippen molar-refractivity contribution in [3.63, 3.8) is 0 Å². The van der Waals surface area contributed by atoms with Gasteiger partial charge in [0, 0.05) is 16.5 Å². The van der Waals surface area contributed by atoms with E-state index in [1.807, 2.05) is 0 Å². The normalized spacial score (nSPS) is 12.7. The first-order chi connectivity index (χ1) is 20.5. The van der Waals surface area contributed by atoms with E-state index in [9.17, 15) is 52.1 Å². The second kappa shape index (κ2) is 11.4. The smallest absolute Gasteiger partial charge is 0.295 e. The summed E-state index contributed by atoms with van der Waals surface area (Å²) in [5.41, 5.74) is 6.63. The number of fused-ring (bicyclic) bond motifs is 1. The summed E-state index contributed by atoms with van der Waals surface area (Å²) in [5.74, 6) is -1.06. The number of hydrogen-bond acceptors (Lipinski definition) is 10. The van der Waals surface area contributed by atoms with Crippen molar-refractivity contribution in [2.45, 2.75) is 40.4 Å². The van der Waals surface area contributed by atoms with Crippen LogP contribution in [0.5, 0.6) is 0 Å². The summed E-state index contributed by atoms with van der Waals surface area (Å²) in [6.45, 7) is 4.85. The first-order valence-electron chi connectivity index (χ1n) is 12.4. The monoisotopic (exact) mass is 699 g/mol. The molecule has 0 aliphatic rings. The van der Waals surface area contributed by atoms with Crippen molar-refractivity contribution < 1.29 is 52.1 Å². The fourth-order valence-corrected chi connectivity index (χ4v) is 7.92. The molecule has 45 heavy (non-hydrogen) atoms. The number of anilines is 3. The molecule has 0 fully saturated rings. The average molecular weight is 700 g/mol. The van der Waals surface area contributed by atoms with Crippen LogP contribution in [-0.4, -0.2) is 53.2 Å². The standard InChI is InChI=1S/C26H25N3O12S4/c1-13-4-5-17(21(8-13)29-42(31,32)23-12-19(27)14(2)9-15(23)3)26(30)28-20-6-7-22(44(36,37)38)18-10-16(43(33,34)35)11-24(25(18)20)45(39,40)41/h4-12,29H,27H2,1-3H3,(H,28,30)(H,33,34,35)(H,36,37,38)(H,39,40,41). The van der Waals surface area contributed by atoms with Gasteiger partial charge in [0.1, 0.15) is 9.79 Å². The number of sulfonamides is 1. The summed E-state index contributed by atoms with van der Waals surface area (Å²) in [5, 5.41) is 0.740. The Labute approximate surface area is 258 Å². The van der Waals surface area contributed by atoms with Crippen LogP contribution in [0.15, 0.2) is 74.2 Å². The van der Waals surface area contributed by atoms with E-state index in [2.05, 4.69) is 10.0 Å². The summed E-state index contributed by atoms with van der Waals surface area (Å²) in [6, 6.07) is 9.24. The van der Waals surface area contributed by atoms with Crippen molar-refractivity contribution in [1.29, 1.82) is 0 Å². The molecule has 4 aromatic rings. The summed E-state index contributed by atoms with van der Waals surface area (Å²) in [4.78, 5) is 9.97. The number of nitrogen functional groups attached to an aromatic ring is 1. The molecule has 0 saturated heterocycles. The molecule has 4 rings (SSSR count). The lowest BCUT2D eigenvalue weighted by Gasteiger charge is -2.17. The molecule has 0 aliphatic heterocycles. The lowest BCUT2D eigenvalue weighted by atomic mass is 10.1. The van der Waals surface area contributed by atoms with E-state index in [0.717, 1.165) is 6.07 Å². The van der Waals surface area contributed by atoms with Crippen LogP contribution < -0.4 is 15.8 Å². The van der Waals surface area contributed by atoms with E-state index in [1.165, 1.54) is 24.3 Å². The van der Waals surface area contributed by atoms with Crippen LogP contribution in [0.3, 0.4) is 0 Å². The molecule has 240 valence electrons. The zero-order chi connectivity index (χ0) is 33.9. The topological polar surface area (TPSA) is 264 Å². The molecule has 0 saturated carbocycles. The number of carbonyl (C=O) groups excluding carboxylic acids is 1. The molecular weight excluding hydrogens is 675 g/mol. The molecular formula is C26H25N3O12S4. The van der Waals surface area contributed by atoms with E-state index in [0.29, 0.717) is 34.9 Å². The lowest BCUT2D eigenvalue weighted by molar-refractivity contribution is 0.102. The van der Waals surface area contributed by atoms with Crippen LogP contribution in [0, 0.1) is 20.8 Å². The minimum absolute atomic E-state index is 0.169. The van der Waals surface area contributed by atoms with Gasteiger partial charge in [0.05, 0.1) is 26.7 Å². The van der Waals surface area contributed by atoms with Gasteiger partial charge in [-0.2, -0.15) is 25.3 Å². The third-order valence-electron chi connectivity index (χ3n) is 6.63. The van der Waals surface area contributed by atoms with Crippen molar-refractivity contribution >= 4 is 74.1 Å². The number of nitrogens with two attached hydrogens (primary N) is 1. The van der Waals surface area contributed by atoms with Crippen molar-refractivity contribution in [3.8, 4) is 0 Å². The van der Waals surface area contributed by atoms with Gasteiger partial charge in [-0.1, -0.05) is 12.1 Å². The molecule has 0 radical (unpaired) electrons. The zero-order valence-corrected chi connectivity index (χ0v) is 26.7. The van der Waals surface area contributed by atoms with Crippen LogP contribution in [0.4, 0.5) is 17.1 Å². The fraction of sp³-hybridized carbons (Fsp3) is 0.115. The minimum atomic E-state index is -5.38. The van der Waals surface area contributed by atoms with Crippen molar-refractivity contribution in [1.82, 2.24) is 0 Å². The minimum Gasteiger partial charge on any atom is -0.398 e. The third kappa shape index (κ3) is 6.93. The number of rotatable bonds is 8. The number of hydrogen-bond donors (Lipinski definition) is 6. The number of benzene rings is 4. The van der Waals surface area contributed by atoms with Crippen LogP contribution in [0.25, 0.3) is 10.8 Å². The van der Waals surface area contributed by atoms with Crippen LogP contribution in [-0.2, 0) is 40.4 Å². The van der Waals surface area contributed by atoms with Gasteiger partial charge in [-0.05, 0) is 79.9 Å². The Morgan fingerprint density at radius 1 is 0.667 bits per heavy atom. The predicted molar refractivity (Wildman–Crippen MR) is 164 cm³/mol. The van der Waals surface area contributed by atoms with Gasteiger partial charge < -0.3 is 11.1 Å². The SMILES string of the molecule is Cc1ccc(C(=O)Nc2ccc(S(=O)(=O)O)c3cc(S(=O)(=O)O)cc(S(=O)(=O)O)c23)c(NS(=O)(=O)c2cc(N)c(C)cc2C)c1. The predicted octanol–water partition coefficient (Wildman–Crippen LogP) is 3.14. The average Bonchev–Trinajstić information content (AvgIpc) is 2.88. The highest BCUT2D eigenvalue weighted by Gasteiger charge is 2.28. The molecule has 15 nitrogen and oxygen atoms in total. The Balaban J connectivity index is 1.92. The number of carbonyl (C=O) groups is 1. The van der Waals surface area contributed by atoms with Crippen LogP contribution in [0.2, 0.25) is 0 Å². The molecule has 0 spiro atoms. The summed E-state index contributed by atoms with van der Waals surface area (Å²) in [6.07, 6.45) is 0. The summed E-state index contributed by atoms with van der Waals surface area (Å²) < 4.78 is 131. The second-order valence-corrected chi connectivity index (χ2v) is 15.8. The first-order valence-corrected chi connectivity index (χ1v) is 18.2. The highest BCUT2D eigenvalue weighted by atomic mass is 32.2. The van der Waals surface area contributed by atoms with Gasteiger partial charge in [0.15, 0.2) is 0 Å². The molecule has 0 atom stereocenters. The van der Waals surface area contributed by atoms with Crippen LogP contribution >= 0.6 is 0 Å². The largest absolute Gasteiger partial charge is 0.398 e. The van der Waals surface area contributed by atoms with Gasteiger partial charge in [0.25, 0.3) is 46.3 Å². The van der Waals surface area contributed by atoms with Gasteiger partial charge in [-0.3, -0.25) is 23.2 Å². The Kier molecular flexibility index (Phi) is 8.52. The molecule has 0 aliphatic carbocycles. The highest BCUT2D eigenvalue weighted by molar-refractivity contribution is 7.92. The summed E-state index contributed by atoms with van der Waals surface area (Å²) >= 11 is 0. The maximum atomic E-state index is 13.6. The maximum Gasteiger partial charge on any atom is 0.295 e. The molecule has 0 heterocycles. The molecule has 0 unspecified atom stereocenters. The van der Waals surface area contributed by atoms with Crippen LogP contribution in [0.1, 0.15) is 27.0 Å². The lowest BCUT2D eigenvalue weighted by Crippen LogP contribution is -2.20. The fourth-order valence-electron chi connectivity index (χ4n) is 4.54.